The van der Waals surface area contributed by atoms with Crippen LogP contribution >= 0.6 is 15.9 Å². The van der Waals surface area contributed by atoms with Gasteiger partial charge in [-0.2, -0.15) is 5.10 Å². The molecule has 0 bridgehead atoms. The number of nitrogens with zero attached hydrogens (tertiary/aromatic N) is 1. The molecule has 0 aliphatic heterocycles. The van der Waals surface area contributed by atoms with Crippen molar-refractivity contribution in [3.63, 3.8) is 0 Å². The Morgan fingerprint density at radius 1 is 1.00 bits per heavy atom. The zero-order valence-electron chi connectivity index (χ0n) is 16.6. The monoisotopic (exact) mass is 482 g/mol. The van der Waals surface area contributed by atoms with Gasteiger partial charge in [0.2, 0.25) is 0 Å². The standard InChI is InChI=1S/C23H19BrN2O5/c1-29-19-8-10-20(11-9-19)30-15-22(27)26-25-14-17-13-18(24)7-12-21(17)31-23(28)16-5-3-2-4-6-16/h2-14H,15H2,1H3,(H,26,27)/b25-14+. The summed E-state index contributed by atoms with van der Waals surface area (Å²) in [6, 6.07) is 20.6. The molecule has 0 saturated carbocycles. The van der Waals surface area contributed by atoms with E-state index in [1.54, 1.807) is 73.8 Å². The molecule has 7 nitrogen and oxygen atoms in total. The highest BCUT2D eigenvalue weighted by atomic mass is 79.9. The van der Waals surface area contributed by atoms with Crippen LogP contribution in [0.4, 0.5) is 0 Å². The number of rotatable bonds is 8. The van der Waals surface area contributed by atoms with Crippen molar-refractivity contribution >= 4 is 34.0 Å². The molecular weight excluding hydrogens is 464 g/mol. The van der Waals surface area contributed by atoms with Crippen LogP contribution in [0.2, 0.25) is 0 Å². The van der Waals surface area contributed by atoms with Gasteiger partial charge in [0, 0.05) is 10.0 Å². The van der Waals surface area contributed by atoms with Gasteiger partial charge in [-0.1, -0.05) is 34.1 Å². The molecule has 158 valence electrons. The molecule has 3 aromatic carbocycles. The molecule has 0 aliphatic rings. The predicted octanol–water partition coefficient (Wildman–Crippen LogP) is 4.21. The Balaban J connectivity index is 1.58. The van der Waals surface area contributed by atoms with Gasteiger partial charge in [-0.05, 0) is 54.6 Å². The number of amides is 1. The number of esters is 1. The first-order valence-electron chi connectivity index (χ1n) is 9.20. The number of hydrogen-bond acceptors (Lipinski definition) is 6. The van der Waals surface area contributed by atoms with E-state index in [4.69, 9.17) is 14.2 Å². The van der Waals surface area contributed by atoms with E-state index < -0.39 is 11.9 Å². The van der Waals surface area contributed by atoms with Crippen molar-refractivity contribution in [3.8, 4) is 17.2 Å². The molecule has 0 spiro atoms. The number of hydrogen-bond donors (Lipinski definition) is 1. The number of methoxy groups -OCH3 is 1. The molecule has 3 aromatic rings. The van der Waals surface area contributed by atoms with E-state index in [1.807, 2.05) is 6.07 Å². The summed E-state index contributed by atoms with van der Waals surface area (Å²) in [5, 5.41) is 3.93. The Morgan fingerprint density at radius 3 is 2.42 bits per heavy atom. The SMILES string of the molecule is COc1ccc(OCC(=O)N/N=C/c2cc(Br)ccc2OC(=O)c2ccccc2)cc1. The van der Waals surface area contributed by atoms with Crippen LogP contribution in [0.25, 0.3) is 0 Å². The lowest BCUT2D eigenvalue weighted by Gasteiger charge is -2.08. The molecule has 0 heterocycles. The van der Waals surface area contributed by atoms with Gasteiger partial charge in [-0.25, -0.2) is 10.2 Å². The average Bonchev–Trinajstić information content (AvgIpc) is 2.80. The van der Waals surface area contributed by atoms with Gasteiger partial charge in [0.1, 0.15) is 17.2 Å². The molecule has 8 heteroatoms. The van der Waals surface area contributed by atoms with Gasteiger partial charge in [0.15, 0.2) is 6.61 Å². The fourth-order valence-corrected chi connectivity index (χ4v) is 2.85. The summed E-state index contributed by atoms with van der Waals surface area (Å²) >= 11 is 3.37. The van der Waals surface area contributed by atoms with Crippen molar-refractivity contribution in [1.29, 1.82) is 0 Å². The van der Waals surface area contributed by atoms with Crippen molar-refractivity contribution in [1.82, 2.24) is 5.43 Å². The molecular formula is C23H19BrN2O5. The lowest BCUT2D eigenvalue weighted by atomic mass is 10.2. The minimum Gasteiger partial charge on any atom is -0.497 e. The number of carbonyl (C=O) groups is 2. The lowest BCUT2D eigenvalue weighted by Crippen LogP contribution is -2.24. The molecule has 0 radical (unpaired) electrons. The molecule has 0 aliphatic carbocycles. The number of hydrazone groups is 1. The van der Waals surface area contributed by atoms with Gasteiger partial charge < -0.3 is 14.2 Å². The number of ether oxygens (including phenoxy) is 3. The van der Waals surface area contributed by atoms with Crippen LogP contribution in [0.3, 0.4) is 0 Å². The third-order valence-corrected chi connectivity index (χ3v) is 4.50. The van der Waals surface area contributed by atoms with Crippen molar-refractivity contribution < 1.29 is 23.8 Å². The Kier molecular flexibility index (Phi) is 7.78. The number of benzene rings is 3. The van der Waals surface area contributed by atoms with Crippen LogP contribution < -0.4 is 19.6 Å². The van der Waals surface area contributed by atoms with Crippen LogP contribution in [0.15, 0.2) is 82.4 Å². The van der Waals surface area contributed by atoms with Crippen LogP contribution in [-0.2, 0) is 4.79 Å². The van der Waals surface area contributed by atoms with Crippen molar-refractivity contribution in [3.05, 3.63) is 88.4 Å². The average molecular weight is 483 g/mol. The molecule has 1 amide bonds. The Labute approximate surface area is 187 Å². The largest absolute Gasteiger partial charge is 0.497 e. The van der Waals surface area contributed by atoms with Crippen LogP contribution in [0.1, 0.15) is 15.9 Å². The zero-order chi connectivity index (χ0) is 22.1. The molecule has 31 heavy (non-hydrogen) atoms. The number of nitrogens with one attached hydrogen (secondary N) is 1. The van der Waals surface area contributed by atoms with Crippen LogP contribution in [0, 0.1) is 0 Å². The minimum atomic E-state index is -0.491. The predicted molar refractivity (Wildman–Crippen MR) is 120 cm³/mol. The Hall–Kier alpha value is -3.65. The van der Waals surface area contributed by atoms with E-state index in [0.29, 0.717) is 28.4 Å². The summed E-state index contributed by atoms with van der Waals surface area (Å²) in [7, 11) is 1.57. The Bertz CT molecular complexity index is 1070. The highest BCUT2D eigenvalue weighted by Gasteiger charge is 2.11. The van der Waals surface area contributed by atoms with E-state index >= 15 is 0 Å². The summed E-state index contributed by atoms with van der Waals surface area (Å²) in [4.78, 5) is 24.3. The third-order valence-electron chi connectivity index (χ3n) is 4.01. The van der Waals surface area contributed by atoms with Crippen molar-refractivity contribution in [2.75, 3.05) is 13.7 Å². The van der Waals surface area contributed by atoms with Gasteiger partial charge in [-0.15, -0.1) is 0 Å². The maximum absolute atomic E-state index is 12.3. The molecule has 0 atom stereocenters. The summed E-state index contributed by atoms with van der Waals surface area (Å²) in [5.41, 5.74) is 3.32. The quantitative estimate of drug-likeness (QED) is 0.225. The normalized spacial score (nSPS) is 10.5. The fraction of sp³-hybridized carbons (Fsp3) is 0.0870. The van der Waals surface area contributed by atoms with E-state index in [0.717, 1.165) is 4.47 Å². The minimum absolute atomic E-state index is 0.210. The van der Waals surface area contributed by atoms with Crippen LogP contribution in [-0.4, -0.2) is 31.8 Å². The first-order valence-corrected chi connectivity index (χ1v) is 10.00. The highest BCUT2D eigenvalue weighted by molar-refractivity contribution is 9.10. The molecule has 0 unspecified atom stereocenters. The summed E-state index contributed by atoms with van der Waals surface area (Å²) in [5.74, 6) is 0.602. The van der Waals surface area contributed by atoms with Gasteiger partial charge >= 0.3 is 5.97 Å². The molecule has 0 fully saturated rings. The summed E-state index contributed by atoms with van der Waals surface area (Å²) in [6.07, 6.45) is 1.39. The van der Waals surface area contributed by atoms with E-state index in [9.17, 15) is 9.59 Å². The fourth-order valence-electron chi connectivity index (χ4n) is 2.47. The summed E-state index contributed by atoms with van der Waals surface area (Å²) in [6.45, 7) is -0.210. The highest BCUT2D eigenvalue weighted by Crippen LogP contribution is 2.23. The second-order valence-electron chi connectivity index (χ2n) is 6.20. The van der Waals surface area contributed by atoms with Crippen molar-refractivity contribution in [2.24, 2.45) is 5.10 Å². The second kappa shape index (κ2) is 10.9. The maximum atomic E-state index is 12.3. The Morgan fingerprint density at radius 2 is 1.71 bits per heavy atom. The van der Waals surface area contributed by atoms with E-state index in [2.05, 4.69) is 26.5 Å². The third kappa shape index (κ3) is 6.68. The second-order valence-corrected chi connectivity index (χ2v) is 7.11. The smallest absolute Gasteiger partial charge is 0.343 e. The maximum Gasteiger partial charge on any atom is 0.343 e. The lowest BCUT2D eigenvalue weighted by molar-refractivity contribution is -0.123. The summed E-state index contributed by atoms with van der Waals surface area (Å²) < 4.78 is 16.7. The van der Waals surface area contributed by atoms with E-state index in [-0.39, 0.29) is 6.61 Å². The molecule has 0 saturated heterocycles. The van der Waals surface area contributed by atoms with Crippen molar-refractivity contribution in [2.45, 2.75) is 0 Å². The van der Waals surface area contributed by atoms with Gasteiger partial charge in [0.05, 0.1) is 18.9 Å². The van der Waals surface area contributed by atoms with Crippen LogP contribution in [0.5, 0.6) is 17.2 Å². The first kappa shape index (κ1) is 22.0. The van der Waals surface area contributed by atoms with Gasteiger partial charge in [-0.3, -0.25) is 4.79 Å². The van der Waals surface area contributed by atoms with E-state index in [1.165, 1.54) is 6.21 Å². The molecule has 0 aromatic heterocycles. The van der Waals surface area contributed by atoms with Gasteiger partial charge in [0.25, 0.3) is 5.91 Å². The molecule has 1 N–H and O–H groups in total. The number of carbonyl (C=O) groups excluding carboxylic acids is 2. The topological polar surface area (TPSA) is 86.2 Å². The first-order chi connectivity index (χ1) is 15.0. The molecule has 3 rings (SSSR count). The number of halogens is 1. The zero-order valence-corrected chi connectivity index (χ0v) is 18.2.